The van der Waals surface area contributed by atoms with Crippen molar-refractivity contribution < 1.29 is 24.3 Å². The maximum atomic E-state index is 12.7. The molecule has 0 saturated heterocycles. The molecule has 182 valence electrons. The average Bonchev–Trinajstić information content (AvgIpc) is 3.12. The van der Waals surface area contributed by atoms with Gasteiger partial charge in [0.15, 0.2) is 0 Å². The van der Waals surface area contributed by atoms with Crippen LogP contribution in [0.4, 0.5) is 0 Å². The molecule has 7 heteroatoms. The summed E-state index contributed by atoms with van der Waals surface area (Å²) in [7, 11) is 0. The molecule has 0 spiro atoms. The number of ether oxygens (including phenoxy) is 1. The second-order valence-electron chi connectivity index (χ2n) is 11.1. The van der Waals surface area contributed by atoms with Crippen LogP contribution >= 0.6 is 0 Å². The van der Waals surface area contributed by atoms with Gasteiger partial charge >= 0.3 is 5.97 Å². The maximum Gasteiger partial charge on any atom is 0.338 e. The Bertz CT molecular complexity index is 1030. The third kappa shape index (κ3) is 3.83. The SMILES string of the molecule is C[C@]12CCC(OC(=O)c3ccc(CO[N+](=O)[O-])cc3)CC1=CC[C@@H]1[C@H]2CC[C@]2(C)C(=O)CC[C@@H]12. The highest BCUT2D eigenvalue weighted by atomic mass is 16.9. The monoisotopic (exact) mass is 467 g/mol. The molecule has 0 amide bonds. The Balaban J connectivity index is 1.24. The van der Waals surface area contributed by atoms with Crippen molar-refractivity contribution in [1.82, 2.24) is 0 Å². The van der Waals surface area contributed by atoms with Gasteiger partial charge in [0.2, 0.25) is 0 Å². The van der Waals surface area contributed by atoms with E-state index in [1.165, 1.54) is 5.57 Å². The lowest BCUT2D eigenvalue weighted by Crippen LogP contribution is -2.50. The molecule has 4 aliphatic carbocycles. The summed E-state index contributed by atoms with van der Waals surface area (Å²) in [6.07, 6.45) is 9.87. The minimum absolute atomic E-state index is 0.110. The molecular weight excluding hydrogens is 434 g/mol. The number of benzene rings is 1. The number of allylic oxidation sites excluding steroid dienone is 1. The number of hydrogen-bond acceptors (Lipinski definition) is 6. The third-order valence-electron chi connectivity index (χ3n) is 9.57. The zero-order valence-electron chi connectivity index (χ0n) is 20.0. The first kappa shape index (κ1) is 23.1. The first-order chi connectivity index (χ1) is 16.2. The predicted octanol–water partition coefficient (Wildman–Crippen LogP) is 5.45. The van der Waals surface area contributed by atoms with Gasteiger partial charge in [0, 0.05) is 18.3 Å². The number of Topliss-reactive ketones (excluding diaryl/α,β-unsaturated/α-hetero) is 1. The fraction of sp³-hybridized carbons (Fsp3) is 0.630. The van der Waals surface area contributed by atoms with Crippen LogP contribution in [0.25, 0.3) is 0 Å². The summed E-state index contributed by atoms with van der Waals surface area (Å²) in [5.74, 6) is 1.84. The third-order valence-corrected chi connectivity index (χ3v) is 9.57. The topological polar surface area (TPSA) is 95.7 Å². The largest absolute Gasteiger partial charge is 0.458 e. The highest BCUT2D eigenvalue weighted by Gasteiger charge is 2.58. The summed E-state index contributed by atoms with van der Waals surface area (Å²) >= 11 is 0. The normalized spacial score (nSPS) is 36.5. The van der Waals surface area contributed by atoms with Crippen molar-refractivity contribution in [3.63, 3.8) is 0 Å². The second kappa shape index (κ2) is 8.51. The Morgan fingerprint density at radius 2 is 1.79 bits per heavy atom. The summed E-state index contributed by atoms with van der Waals surface area (Å²) in [5, 5.41) is 9.50. The Morgan fingerprint density at radius 1 is 1.09 bits per heavy atom. The average molecular weight is 468 g/mol. The summed E-state index contributed by atoms with van der Waals surface area (Å²) in [6.45, 7) is 4.47. The van der Waals surface area contributed by atoms with Crippen LogP contribution < -0.4 is 0 Å². The number of hydrogen-bond donors (Lipinski definition) is 0. The van der Waals surface area contributed by atoms with Crippen molar-refractivity contribution in [3.8, 4) is 0 Å². The van der Waals surface area contributed by atoms with Gasteiger partial charge in [-0.25, -0.2) is 4.79 Å². The molecule has 34 heavy (non-hydrogen) atoms. The van der Waals surface area contributed by atoms with Gasteiger partial charge in [-0.3, -0.25) is 4.79 Å². The lowest BCUT2D eigenvalue weighted by Gasteiger charge is -2.56. The second-order valence-corrected chi connectivity index (χ2v) is 11.1. The molecule has 0 aliphatic heterocycles. The molecule has 1 aromatic carbocycles. The summed E-state index contributed by atoms with van der Waals surface area (Å²) < 4.78 is 5.88. The molecule has 5 rings (SSSR count). The van der Waals surface area contributed by atoms with Crippen molar-refractivity contribution in [3.05, 3.63) is 57.2 Å². The van der Waals surface area contributed by atoms with Gasteiger partial charge in [-0.05, 0) is 79.4 Å². The number of carbonyl (C=O) groups excluding carboxylic acids is 2. The molecule has 7 nitrogen and oxygen atoms in total. The van der Waals surface area contributed by atoms with E-state index in [0.29, 0.717) is 34.7 Å². The van der Waals surface area contributed by atoms with Crippen LogP contribution in [-0.4, -0.2) is 22.9 Å². The minimum Gasteiger partial charge on any atom is -0.458 e. The van der Waals surface area contributed by atoms with Crippen LogP contribution in [0.15, 0.2) is 35.9 Å². The van der Waals surface area contributed by atoms with Crippen molar-refractivity contribution in [2.24, 2.45) is 28.6 Å². The highest BCUT2D eigenvalue weighted by Crippen LogP contribution is 2.64. The fourth-order valence-electron chi connectivity index (χ4n) is 7.58. The molecule has 6 atom stereocenters. The van der Waals surface area contributed by atoms with Crippen molar-refractivity contribution in [2.75, 3.05) is 0 Å². The number of carbonyl (C=O) groups is 2. The van der Waals surface area contributed by atoms with Crippen LogP contribution in [0.3, 0.4) is 0 Å². The van der Waals surface area contributed by atoms with Gasteiger partial charge in [-0.2, -0.15) is 0 Å². The van der Waals surface area contributed by atoms with E-state index < -0.39 is 5.09 Å². The van der Waals surface area contributed by atoms with Gasteiger partial charge in [-0.15, -0.1) is 10.1 Å². The van der Waals surface area contributed by atoms with Crippen LogP contribution in [-0.2, 0) is 21.0 Å². The summed E-state index contributed by atoms with van der Waals surface area (Å²) in [4.78, 5) is 40.0. The number of ketones is 1. The van der Waals surface area contributed by atoms with E-state index in [4.69, 9.17) is 4.74 Å². The van der Waals surface area contributed by atoms with Crippen LogP contribution in [0.1, 0.15) is 81.1 Å². The lowest BCUT2D eigenvalue weighted by molar-refractivity contribution is -0.763. The van der Waals surface area contributed by atoms with Crippen molar-refractivity contribution in [2.45, 2.75) is 77.9 Å². The van der Waals surface area contributed by atoms with Gasteiger partial charge in [-0.1, -0.05) is 37.6 Å². The smallest absolute Gasteiger partial charge is 0.338 e. The standard InChI is InChI=1S/C27H33NO6/c1-26-13-11-20(34-25(30)18-5-3-17(4-6-18)16-33-28(31)32)15-19(26)7-8-21-22-9-10-24(29)27(22,2)14-12-23(21)26/h3-7,20-23H,8-16H2,1-2H3/t20?,21-,22-,23+,26-,27-/m0/s1. The zero-order valence-corrected chi connectivity index (χ0v) is 20.0. The van der Waals surface area contributed by atoms with E-state index >= 15 is 0 Å². The van der Waals surface area contributed by atoms with E-state index in [1.807, 2.05) is 0 Å². The Hall–Kier alpha value is -2.70. The minimum atomic E-state index is -0.833. The van der Waals surface area contributed by atoms with E-state index in [2.05, 4.69) is 24.8 Å². The summed E-state index contributed by atoms with van der Waals surface area (Å²) in [6, 6.07) is 6.54. The summed E-state index contributed by atoms with van der Waals surface area (Å²) in [5.41, 5.74) is 2.51. The Morgan fingerprint density at radius 3 is 2.53 bits per heavy atom. The van der Waals surface area contributed by atoms with Crippen LogP contribution in [0, 0.1) is 38.7 Å². The Labute approximate surface area is 200 Å². The van der Waals surface area contributed by atoms with Gasteiger partial charge < -0.3 is 9.57 Å². The molecule has 1 aromatic rings. The van der Waals surface area contributed by atoms with Crippen molar-refractivity contribution in [1.29, 1.82) is 0 Å². The van der Waals surface area contributed by atoms with Crippen molar-refractivity contribution >= 4 is 11.8 Å². The molecule has 1 unspecified atom stereocenters. The molecule has 0 heterocycles. The quantitative estimate of drug-likeness (QED) is 0.247. The highest BCUT2D eigenvalue weighted by molar-refractivity contribution is 5.89. The number of rotatable bonds is 5. The molecule has 0 bridgehead atoms. The molecule has 3 saturated carbocycles. The molecule has 0 radical (unpaired) electrons. The lowest BCUT2D eigenvalue weighted by atomic mass is 9.48. The maximum absolute atomic E-state index is 12.7. The molecule has 0 aromatic heterocycles. The molecular formula is C27H33NO6. The van der Waals surface area contributed by atoms with Gasteiger partial charge in [0.1, 0.15) is 18.5 Å². The van der Waals surface area contributed by atoms with E-state index in [-0.39, 0.29) is 29.5 Å². The first-order valence-corrected chi connectivity index (χ1v) is 12.5. The fourth-order valence-corrected chi connectivity index (χ4v) is 7.58. The van der Waals surface area contributed by atoms with E-state index in [9.17, 15) is 19.7 Å². The van der Waals surface area contributed by atoms with E-state index in [0.717, 1.165) is 51.4 Å². The van der Waals surface area contributed by atoms with E-state index in [1.54, 1.807) is 24.3 Å². The molecule has 3 fully saturated rings. The van der Waals surface area contributed by atoms with Crippen LogP contribution in [0.5, 0.6) is 0 Å². The molecule has 4 aliphatic rings. The predicted molar refractivity (Wildman–Crippen MR) is 124 cm³/mol. The van der Waals surface area contributed by atoms with Crippen LogP contribution in [0.2, 0.25) is 0 Å². The molecule has 0 N–H and O–H groups in total. The van der Waals surface area contributed by atoms with Gasteiger partial charge in [0.05, 0.1) is 5.56 Å². The van der Waals surface area contributed by atoms with Gasteiger partial charge in [0.25, 0.3) is 5.09 Å². The zero-order chi connectivity index (χ0) is 24.1. The number of fused-ring (bicyclic) bond motifs is 5. The number of nitrogens with zero attached hydrogens (tertiary/aromatic N) is 1. The first-order valence-electron chi connectivity index (χ1n) is 12.5. The Kier molecular flexibility index (Phi) is 5.77. The number of esters is 1.